The van der Waals surface area contributed by atoms with Gasteiger partial charge in [-0.1, -0.05) is 13.0 Å². The Morgan fingerprint density at radius 3 is 2.88 bits per heavy atom. The third-order valence-corrected chi connectivity index (χ3v) is 5.32. The second kappa shape index (κ2) is 8.68. The Morgan fingerprint density at radius 2 is 2.08 bits per heavy atom. The fourth-order valence-electron chi connectivity index (χ4n) is 3.68. The van der Waals surface area contributed by atoms with Gasteiger partial charge < -0.3 is 20.1 Å². The van der Waals surface area contributed by atoms with Gasteiger partial charge in [-0.25, -0.2) is 0 Å². The summed E-state index contributed by atoms with van der Waals surface area (Å²) in [5, 5.41) is 12.9. The molecular weight excluding hydrogens is 316 g/mol. The van der Waals surface area contributed by atoms with Gasteiger partial charge in [0.1, 0.15) is 5.75 Å². The van der Waals surface area contributed by atoms with Crippen LogP contribution in [0.15, 0.2) is 18.2 Å². The molecule has 2 N–H and O–H groups in total. The normalized spacial score (nSPS) is 19.4. The molecule has 2 aliphatic rings. The quantitative estimate of drug-likeness (QED) is 0.790. The second-order valence-corrected chi connectivity index (χ2v) is 7.51. The lowest BCUT2D eigenvalue weighted by Crippen LogP contribution is -2.43. The lowest BCUT2D eigenvalue weighted by atomic mass is 9.99. The molecule has 5 nitrogen and oxygen atoms in total. The first-order chi connectivity index (χ1) is 12.1. The van der Waals surface area contributed by atoms with Gasteiger partial charge in [-0.05, 0) is 74.4 Å². The van der Waals surface area contributed by atoms with Crippen LogP contribution in [0.2, 0.25) is 0 Å². The molecule has 1 amide bonds. The molecule has 1 unspecified atom stereocenters. The van der Waals surface area contributed by atoms with E-state index < -0.39 is 6.10 Å². The number of carbonyl (C=O) groups excluding carboxylic acids is 1. The summed E-state index contributed by atoms with van der Waals surface area (Å²) in [6.45, 7) is 5.24. The summed E-state index contributed by atoms with van der Waals surface area (Å²) >= 11 is 0. The lowest BCUT2D eigenvalue weighted by Gasteiger charge is -2.31. The molecule has 0 radical (unpaired) electrons. The molecule has 1 saturated heterocycles. The zero-order chi connectivity index (χ0) is 17.6. The Hall–Kier alpha value is -1.59. The Kier molecular flexibility index (Phi) is 6.32. The molecule has 0 spiro atoms. The van der Waals surface area contributed by atoms with Crippen molar-refractivity contribution in [3.8, 4) is 5.75 Å². The number of carbonyl (C=O) groups is 1. The summed E-state index contributed by atoms with van der Waals surface area (Å²) in [4.78, 5) is 14.2. The molecule has 5 heteroatoms. The number of fused-ring (bicyclic) bond motifs is 1. The fourth-order valence-corrected chi connectivity index (χ4v) is 3.68. The van der Waals surface area contributed by atoms with Gasteiger partial charge in [0.25, 0.3) is 5.91 Å². The lowest BCUT2D eigenvalue weighted by molar-refractivity contribution is -0.123. The molecule has 138 valence electrons. The monoisotopic (exact) mass is 346 g/mol. The molecule has 0 saturated carbocycles. The van der Waals surface area contributed by atoms with E-state index in [0.29, 0.717) is 6.54 Å². The van der Waals surface area contributed by atoms with Gasteiger partial charge in [0, 0.05) is 13.1 Å². The third kappa shape index (κ3) is 5.44. The Bertz CT molecular complexity index is 582. The van der Waals surface area contributed by atoms with E-state index in [9.17, 15) is 9.90 Å². The van der Waals surface area contributed by atoms with Crippen LogP contribution in [-0.2, 0) is 17.6 Å². The van der Waals surface area contributed by atoms with Crippen molar-refractivity contribution in [3.63, 3.8) is 0 Å². The molecule has 25 heavy (non-hydrogen) atoms. The summed E-state index contributed by atoms with van der Waals surface area (Å²) in [6.07, 6.45) is 5.29. The predicted octanol–water partition coefficient (Wildman–Crippen LogP) is 1.76. The number of nitrogens with zero attached hydrogens (tertiary/aromatic N) is 1. The average Bonchev–Trinajstić information content (AvgIpc) is 3.08. The van der Waals surface area contributed by atoms with Gasteiger partial charge in [-0.2, -0.15) is 0 Å². The zero-order valence-electron chi connectivity index (χ0n) is 15.2. The van der Waals surface area contributed by atoms with Gasteiger partial charge in [0.15, 0.2) is 6.61 Å². The van der Waals surface area contributed by atoms with E-state index in [1.54, 1.807) is 0 Å². The molecular formula is C20H30N2O3. The second-order valence-electron chi connectivity index (χ2n) is 7.51. The van der Waals surface area contributed by atoms with Gasteiger partial charge in [0.05, 0.1) is 6.10 Å². The molecule has 0 bridgehead atoms. The smallest absolute Gasteiger partial charge is 0.258 e. The van der Waals surface area contributed by atoms with Crippen LogP contribution < -0.4 is 10.1 Å². The van der Waals surface area contributed by atoms with Crippen molar-refractivity contribution >= 4 is 5.91 Å². The first kappa shape index (κ1) is 18.2. The van der Waals surface area contributed by atoms with Crippen LogP contribution in [0.3, 0.4) is 0 Å². The van der Waals surface area contributed by atoms with Gasteiger partial charge >= 0.3 is 0 Å². The number of β-amino-alcohol motifs (C(OH)–C–C–N with tert-alkyl or cyclic N) is 1. The van der Waals surface area contributed by atoms with E-state index in [0.717, 1.165) is 37.6 Å². The molecule has 3 rings (SSSR count). The van der Waals surface area contributed by atoms with E-state index in [2.05, 4.69) is 23.2 Å². The number of benzene rings is 1. The van der Waals surface area contributed by atoms with Crippen molar-refractivity contribution in [2.24, 2.45) is 5.92 Å². The highest BCUT2D eigenvalue weighted by atomic mass is 16.5. The van der Waals surface area contributed by atoms with Crippen LogP contribution in [0, 0.1) is 5.92 Å². The topological polar surface area (TPSA) is 61.8 Å². The largest absolute Gasteiger partial charge is 0.484 e. The van der Waals surface area contributed by atoms with Crippen molar-refractivity contribution in [3.05, 3.63) is 29.3 Å². The number of aliphatic hydroxyl groups excluding tert-OH is 1. The number of amides is 1. The maximum Gasteiger partial charge on any atom is 0.258 e. The number of rotatable bonds is 7. The maximum atomic E-state index is 11.9. The summed E-state index contributed by atoms with van der Waals surface area (Å²) in [7, 11) is 0. The van der Waals surface area contributed by atoms with Gasteiger partial charge in [0.2, 0.25) is 0 Å². The summed E-state index contributed by atoms with van der Waals surface area (Å²) in [5.74, 6) is 1.34. The molecule has 1 aromatic rings. The number of aliphatic hydroxyl groups is 1. The van der Waals surface area contributed by atoms with E-state index in [1.165, 1.54) is 30.4 Å². The molecule has 1 atom stereocenters. The van der Waals surface area contributed by atoms with Gasteiger partial charge in [-0.15, -0.1) is 0 Å². The van der Waals surface area contributed by atoms with Crippen molar-refractivity contribution in [1.82, 2.24) is 10.2 Å². The highest BCUT2D eigenvalue weighted by Crippen LogP contribution is 2.25. The van der Waals surface area contributed by atoms with Gasteiger partial charge in [-0.3, -0.25) is 4.79 Å². The Morgan fingerprint density at radius 1 is 1.32 bits per heavy atom. The van der Waals surface area contributed by atoms with E-state index in [4.69, 9.17) is 4.74 Å². The number of piperidine rings is 1. The van der Waals surface area contributed by atoms with E-state index in [-0.39, 0.29) is 19.1 Å². The maximum absolute atomic E-state index is 11.9. The van der Waals surface area contributed by atoms with Crippen LogP contribution in [-0.4, -0.2) is 54.8 Å². The van der Waals surface area contributed by atoms with Crippen molar-refractivity contribution < 1.29 is 14.6 Å². The minimum atomic E-state index is -0.530. The van der Waals surface area contributed by atoms with Crippen LogP contribution in [0.1, 0.15) is 37.3 Å². The van der Waals surface area contributed by atoms with Crippen LogP contribution in [0.25, 0.3) is 0 Å². The van der Waals surface area contributed by atoms with E-state index >= 15 is 0 Å². The highest BCUT2D eigenvalue weighted by Gasteiger charge is 2.18. The molecule has 1 heterocycles. The Balaban J connectivity index is 1.33. The third-order valence-electron chi connectivity index (χ3n) is 5.32. The van der Waals surface area contributed by atoms with Crippen LogP contribution >= 0.6 is 0 Å². The standard InChI is InChI=1S/C20H30N2O3/c1-15-7-9-22(10-8-15)13-18(23)12-21-20(24)14-25-19-6-5-16-3-2-4-17(16)11-19/h5-6,11,15,18,23H,2-4,7-10,12-14H2,1H3,(H,21,24). The minimum Gasteiger partial charge on any atom is -0.484 e. The summed E-state index contributed by atoms with van der Waals surface area (Å²) < 4.78 is 5.58. The zero-order valence-corrected chi connectivity index (χ0v) is 15.2. The highest BCUT2D eigenvalue weighted by molar-refractivity contribution is 5.77. The number of ether oxygens (including phenoxy) is 1. The van der Waals surface area contributed by atoms with Crippen molar-refractivity contribution in [2.75, 3.05) is 32.8 Å². The number of hydrogen-bond acceptors (Lipinski definition) is 4. The van der Waals surface area contributed by atoms with Crippen LogP contribution in [0.5, 0.6) is 5.75 Å². The summed E-state index contributed by atoms with van der Waals surface area (Å²) in [5.41, 5.74) is 2.73. The average molecular weight is 346 g/mol. The molecule has 1 aliphatic heterocycles. The van der Waals surface area contributed by atoms with Crippen molar-refractivity contribution in [2.45, 2.75) is 45.1 Å². The minimum absolute atomic E-state index is 0.00721. The van der Waals surface area contributed by atoms with E-state index in [1.807, 2.05) is 12.1 Å². The summed E-state index contributed by atoms with van der Waals surface area (Å²) in [6, 6.07) is 6.07. The number of nitrogens with one attached hydrogen (secondary N) is 1. The number of aryl methyl sites for hydroxylation is 2. The predicted molar refractivity (Wildman–Crippen MR) is 97.8 cm³/mol. The fraction of sp³-hybridized carbons (Fsp3) is 0.650. The van der Waals surface area contributed by atoms with Crippen molar-refractivity contribution in [1.29, 1.82) is 0 Å². The molecule has 1 aliphatic carbocycles. The number of likely N-dealkylation sites (tertiary alicyclic amines) is 1. The first-order valence-corrected chi connectivity index (χ1v) is 9.52. The molecule has 1 fully saturated rings. The molecule has 0 aromatic heterocycles. The SMILES string of the molecule is CC1CCN(CC(O)CNC(=O)COc2ccc3c(c2)CCC3)CC1. The Labute approximate surface area is 150 Å². The first-order valence-electron chi connectivity index (χ1n) is 9.52. The number of hydrogen-bond donors (Lipinski definition) is 2. The van der Waals surface area contributed by atoms with Crippen LogP contribution in [0.4, 0.5) is 0 Å². The molecule has 1 aromatic carbocycles.